The maximum atomic E-state index is 13.0. The summed E-state index contributed by atoms with van der Waals surface area (Å²) >= 11 is 6.15. The molecule has 0 atom stereocenters. The molecule has 1 aliphatic heterocycles. The molecule has 0 radical (unpaired) electrons. The third-order valence-electron chi connectivity index (χ3n) is 6.65. The lowest BCUT2D eigenvalue weighted by Gasteiger charge is -2.34. The van der Waals surface area contributed by atoms with Gasteiger partial charge < -0.3 is 19.9 Å². The van der Waals surface area contributed by atoms with Crippen molar-refractivity contribution in [1.29, 1.82) is 0 Å². The first-order chi connectivity index (χ1) is 16.7. The van der Waals surface area contributed by atoms with E-state index in [4.69, 9.17) is 21.3 Å². The average molecular weight is 499 g/mol. The minimum Gasteiger partial charge on any atom is -0.479 e. The number of benzene rings is 1. The third kappa shape index (κ3) is 5.05. The van der Waals surface area contributed by atoms with E-state index in [-0.39, 0.29) is 11.9 Å². The van der Waals surface area contributed by atoms with Gasteiger partial charge in [-0.15, -0.1) is 5.10 Å². The number of fused-ring (bicyclic) bond motifs is 1. The Balaban J connectivity index is 1.34. The van der Waals surface area contributed by atoms with E-state index in [1.807, 2.05) is 44.9 Å². The maximum Gasteiger partial charge on any atom is 0.321 e. The van der Waals surface area contributed by atoms with Gasteiger partial charge >= 0.3 is 6.03 Å². The number of anilines is 1. The number of urea groups is 1. The number of aryl methyl sites for hydroxylation is 4. The quantitative estimate of drug-likeness (QED) is 0.576. The molecule has 0 unspecified atom stereocenters. The Hall–Kier alpha value is -3.33. The molecule has 1 N–H and O–H groups in total. The number of aromatic nitrogens is 3. The summed E-state index contributed by atoms with van der Waals surface area (Å²) in [5.74, 6) is 0.620. The van der Waals surface area contributed by atoms with E-state index in [9.17, 15) is 9.59 Å². The fourth-order valence-electron chi connectivity index (χ4n) is 4.53. The number of ether oxygens (including phenoxy) is 1. The zero-order valence-corrected chi connectivity index (χ0v) is 21.6. The molecule has 3 heterocycles. The Kier molecular flexibility index (Phi) is 7.16. The van der Waals surface area contributed by atoms with E-state index >= 15 is 0 Å². The van der Waals surface area contributed by atoms with Crippen LogP contribution in [-0.4, -0.2) is 69.8 Å². The molecule has 186 valence electrons. The highest BCUT2D eigenvalue weighted by molar-refractivity contribution is 6.31. The van der Waals surface area contributed by atoms with Gasteiger partial charge in [0.1, 0.15) is 0 Å². The van der Waals surface area contributed by atoms with Crippen LogP contribution in [0.15, 0.2) is 18.2 Å². The molecule has 1 aliphatic rings. The van der Waals surface area contributed by atoms with Gasteiger partial charge in [0.2, 0.25) is 11.8 Å². The molecule has 0 bridgehead atoms. The number of hydrogen-bond acceptors (Lipinski definition) is 5. The molecule has 10 heteroatoms. The molecule has 3 amide bonds. The van der Waals surface area contributed by atoms with E-state index in [0.717, 1.165) is 33.4 Å². The highest BCUT2D eigenvalue weighted by Crippen LogP contribution is 2.30. The molecule has 0 saturated carbocycles. The van der Waals surface area contributed by atoms with Crippen LogP contribution in [0.3, 0.4) is 0 Å². The Labute approximate surface area is 210 Å². The molecule has 1 aromatic carbocycles. The highest BCUT2D eigenvalue weighted by atomic mass is 35.5. The second kappa shape index (κ2) is 10.1. The van der Waals surface area contributed by atoms with Crippen molar-refractivity contribution in [2.75, 3.05) is 38.6 Å². The average Bonchev–Trinajstić information content (AvgIpc) is 3.16. The van der Waals surface area contributed by atoms with Gasteiger partial charge in [0.15, 0.2) is 5.65 Å². The molecule has 0 aliphatic carbocycles. The first-order valence-corrected chi connectivity index (χ1v) is 12.0. The number of halogens is 1. The van der Waals surface area contributed by atoms with Gasteiger partial charge in [-0.05, 0) is 56.0 Å². The van der Waals surface area contributed by atoms with Gasteiger partial charge in [-0.25, -0.2) is 14.5 Å². The molecule has 1 fully saturated rings. The lowest BCUT2D eigenvalue weighted by molar-refractivity contribution is -0.132. The zero-order valence-electron chi connectivity index (χ0n) is 20.8. The lowest BCUT2D eigenvalue weighted by atomic mass is 10.00. The zero-order chi connectivity index (χ0) is 25.3. The third-order valence-corrected chi connectivity index (χ3v) is 7.05. The Morgan fingerprint density at radius 2 is 1.80 bits per heavy atom. The summed E-state index contributed by atoms with van der Waals surface area (Å²) in [6.07, 6.45) is 0.970. The van der Waals surface area contributed by atoms with Crippen LogP contribution in [0, 0.1) is 20.8 Å². The molecule has 4 rings (SSSR count). The largest absolute Gasteiger partial charge is 0.479 e. The van der Waals surface area contributed by atoms with Crippen molar-refractivity contribution in [3.05, 3.63) is 45.6 Å². The summed E-state index contributed by atoms with van der Waals surface area (Å²) < 4.78 is 7.15. The number of hydrogen-bond donors (Lipinski definition) is 1. The van der Waals surface area contributed by atoms with Crippen LogP contribution in [0.1, 0.15) is 28.8 Å². The summed E-state index contributed by atoms with van der Waals surface area (Å²) in [5, 5.41) is 8.77. The van der Waals surface area contributed by atoms with Gasteiger partial charge in [0.25, 0.3) is 0 Å². The van der Waals surface area contributed by atoms with E-state index in [1.54, 1.807) is 22.8 Å². The number of nitrogens with one attached hydrogen (secondary N) is 1. The van der Waals surface area contributed by atoms with Gasteiger partial charge in [-0.2, -0.15) is 0 Å². The van der Waals surface area contributed by atoms with Crippen molar-refractivity contribution in [3.8, 4) is 5.88 Å². The van der Waals surface area contributed by atoms with Crippen LogP contribution in [0.2, 0.25) is 5.02 Å². The first-order valence-electron chi connectivity index (χ1n) is 11.7. The summed E-state index contributed by atoms with van der Waals surface area (Å²) in [6.45, 7) is 7.88. The lowest BCUT2D eigenvalue weighted by Crippen LogP contribution is -2.51. The fourth-order valence-corrected chi connectivity index (χ4v) is 4.71. The van der Waals surface area contributed by atoms with Crippen LogP contribution >= 0.6 is 11.6 Å². The number of carbonyl (C=O) groups is 2. The number of rotatable bonds is 5. The van der Waals surface area contributed by atoms with Gasteiger partial charge in [-0.1, -0.05) is 17.7 Å². The predicted molar refractivity (Wildman–Crippen MR) is 136 cm³/mol. The van der Waals surface area contributed by atoms with Crippen molar-refractivity contribution < 1.29 is 14.3 Å². The molecular formula is C25H31ClN6O3. The van der Waals surface area contributed by atoms with Crippen LogP contribution in [-0.2, 0) is 18.3 Å². The van der Waals surface area contributed by atoms with Crippen molar-refractivity contribution >= 4 is 40.3 Å². The smallest absolute Gasteiger partial charge is 0.321 e. The summed E-state index contributed by atoms with van der Waals surface area (Å²) in [7, 11) is 3.44. The van der Waals surface area contributed by atoms with E-state index in [1.165, 1.54) is 0 Å². The number of amides is 3. The monoisotopic (exact) mass is 498 g/mol. The SMILES string of the molecule is COc1nn(C)c2nc(C)c(CCC(=O)N3CCN(C(=O)Nc4ccc(C)c(Cl)c4)CC3)c(C)c12. The number of methoxy groups -OCH3 is 1. The minimum absolute atomic E-state index is 0.0763. The maximum absolute atomic E-state index is 13.0. The summed E-state index contributed by atoms with van der Waals surface area (Å²) in [5.41, 5.74) is 5.37. The van der Waals surface area contributed by atoms with E-state index < -0.39 is 0 Å². The predicted octanol–water partition coefficient (Wildman–Crippen LogP) is 3.86. The van der Waals surface area contributed by atoms with Crippen molar-refractivity contribution in [3.63, 3.8) is 0 Å². The molecule has 0 spiro atoms. The Bertz CT molecular complexity index is 1280. The van der Waals surface area contributed by atoms with Gasteiger partial charge in [-0.3, -0.25) is 4.79 Å². The molecular weight excluding hydrogens is 468 g/mol. The second-order valence-corrected chi connectivity index (χ2v) is 9.30. The van der Waals surface area contributed by atoms with Crippen LogP contribution in [0.5, 0.6) is 5.88 Å². The minimum atomic E-state index is -0.187. The molecule has 2 aromatic heterocycles. The fraction of sp³-hybridized carbons (Fsp3) is 0.440. The normalized spacial score (nSPS) is 13.9. The summed E-state index contributed by atoms with van der Waals surface area (Å²) in [4.78, 5) is 33.8. The molecule has 9 nitrogen and oxygen atoms in total. The van der Waals surface area contributed by atoms with Crippen molar-refractivity contribution in [2.45, 2.75) is 33.6 Å². The van der Waals surface area contributed by atoms with Crippen molar-refractivity contribution in [2.24, 2.45) is 7.05 Å². The second-order valence-electron chi connectivity index (χ2n) is 8.89. The first kappa shape index (κ1) is 24.8. The van der Waals surface area contributed by atoms with Crippen LogP contribution < -0.4 is 10.1 Å². The van der Waals surface area contributed by atoms with Gasteiger partial charge in [0, 0.05) is 56.1 Å². The van der Waals surface area contributed by atoms with Gasteiger partial charge in [0.05, 0.1) is 12.5 Å². The number of nitrogens with zero attached hydrogens (tertiary/aromatic N) is 5. The Morgan fingerprint density at radius 1 is 1.11 bits per heavy atom. The molecule has 1 saturated heterocycles. The molecule has 3 aromatic rings. The highest BCUT2D eigenvalue weighted by Gasteiger charge is 2.25. The van der Waals surface area contributed by atoms with E-state index in [2.05, 4.69) is 10.4 Å². The molecule has 35 heavy (non-hydrogen) atoms. The summed E-state index contributed by atoms with van der Waals surface area (Å²) in [6, 6.07) is 5.26. The van der Waals surface area contributed by atoms with E-state index in [0.29, 0.717) is 55.6 Å². The number of piperazine rings is 1. The standard InChI is InChI=1S/C25H31ClN6O3/c1-15-6-7-18(14-20(15)26)28-25(34)32-12-10-31(11-13-32)21(33)9-8-19-16(2)22-23(27-17(19)3)30(4)29-24(22)35-5/h6-7,14H,8-13H2,1-5H3,(H,28,34). The topological polar surface area (TPSA) is 92.6 Å². The van der Waals surface area contributed by atoms with Crippen LogP contribution in [0.25, 0.3) is 11.0 Å². The van der Waals surface area contributed by atoms with Crippen molar-refractivity contribution in [1.82, 2.24) is 24.6 Å². The number of carbonyl (C=O) groups excluding carboxylic acids is 2. The van der Waals surface area contributed by atoms with Crippen LogP contribution in [0.4, 0.5) is 10.5 Å². The Morgan fingerprint density at radius 3 is 2.46 bits per heavy atom. The number of pyridine rings is 1.